The lowest BCUT2D eigenvalue weighted by atomic mass is 9.85. The van der Waals surface area contributed by atoms with Crippen LogP contribution in [0.1, 0.15) is 52.4 Å². The highest BCUT2D eigenvalue weighted by molar-refractivity contribution is 5.14. The predicted octanol–water partition coefficient (Wildman–Crippen LogP) is 2.55. The Morgan fingerprint density at radius 2 is 2.19 bits per heavy atom. The average molecular weight is 293 g/mol. The molecule has 120 valence electrons. The van der Waals surface area contributed by atoms with Crippen LogP contribution in [-0.2, 0) is 4.74 Å². The van der Waals surface area contributed by atoms with E-state index in [0.717, 1.165) is 39.1 Å². The lowest BCUT2D eigenvalue weighted by Crippen LogP contribution is -2.48. The molecule has 1 saturated carbocycles. The van der Waals surface area contributed by atoms with Gasteiger partial charge in [0.05, 0.1) is 12.2 Å². The van der Waals surface area contributed by atoms with Gasteiger partial charge in [0.2, 0.25) is 0 Å². The van der Waals surface area contributed by atoms with Crippen LogP contribution in [0.4, 0.5) is 0 Å². The van der Waals surface area contributed by atoms with Gasteiger partial charge in [-0.15, -0.1) is 0 Å². The highest BCUT2D eigenvalue weighted by Gasteiger charge is 2.42. The second kappa shape index (κ2) is 8.12. The van der Waals surface area contributed by atoms with Gasteiger partial charge in [0.15, 0.2) is 0 Å². The van der Waals surface area contributed by atoms with E-state index in [0.29, 0.717) is 12.0 Å². The molecule has 4 nitrogen and oxygen atoms in total. The zero-order valence-electron chi connectivity index (χ0n) is 13.7. The standard InChI is InChI=1S/C17H31N3O/c1-3-19-17(14-18)10-5-7-15(17)9-12-20-11-6-8-16(13-20)21-4-2/h15-16,19H,3-13H2,1-2H3. The number of ether oxygens (including phenoxy) is 1. The fourth-order valence-corrected chi connectivity index (χ4v) is 4.13. The van der Waals surface area contributed by atoms with E-state index in [1.165, 1.54) is 32.2 Å². The van der Waals surface area contributed by atoms with Crippen molar-refractivity contribution in [3.8, 4) is 6.07 Å². The number of nitrogens with one attached hydrogen (secondary N) is 1. The van der Waals surface area contributed by atoms with E-state index in [4.69, 9.17) is 4.74 Å². The molecule has 1 aliphatic carbocycles. The largest absolute Gasteiger partial charge is 0.377 e. The normalized spacial score (nSPS) is 34.0. The molecule has 0 spiro atoms. The summed E-state index contributed by atoms with van der Waals surface area (Å²) in [5.41, 5.74) is -0.260. The zero-order valence-corrected chi connectivity index (χ0v) is 13.7. The topological polar surface area (TPSA) is 48.3 Å². The Kier molecular flexibility index (Phi) is 6.47. The first-order valence-corrected chi connectivity index (χ1v) is 8.74. The van der Waals surface area contributed by atoms with Crippen LogP contribution in [0.25, 0.3) is 0 Å². The predicted molar refractivity (Wildman–Crippen MR) is 85.1 cm³/mol. The number of rotatable bonds is 7. The van der Waals surface area contributed by atoms with Crippen molar-refractivity contribution in [2.24, 2.45) is 5.92 Å². The molecule has 1 N–H and O–H groups in total. The molecule has 0 aromatic heterocycles. The van der Waals surface area contributed by atoms with E-state index in [1.54, 1.807) is 0 Å². The van der Waals surface area contributed by atoms with Crippen molar-refractivity contribution in [1.29, 1.82) is 5.26 Å². The van der Waals surface area contributed by atoms with Gasteiger partial charge in [0.25, 0.3) is 0 Å². The molecule has 0 aromatic carbocycles. The van der Waals surface area contributed by atoms with Gasteiger partial charge in [-0.1, -0.05) is 13.3 Å². The molecule has 3 unspecified atom stereocenters. The minimum absolute atomic E-state index is 0.260. The Morgan fingerprint density at radius 3 is 2.90 bits per heavy atom. The van der Waals surface area contributed by atoms with Crippen molar-refractivity contribution in [3.05, 3.63) is 0 Å². The number of nitrogens with zero attached hydrogens (tertiary/aromatic N) is 2. The molecule has 3 atom stereocenters. The maximum Gasteiger partial charge on any atom is 0.109 e. The van der Waals surface area contributed by atoms with Gasteiger partial charge in [-0.3, -0.25) is 5.32 Å². The molecule has 1 saturated heterocycles. The van der Waals surface area contributed by atoms with Crippen LogP contribution in [0.3, 0.4) is 0 Å². The van der Waals surface area contributed by atoms with Crippen molar-refractivity contribution in [1.82, 2.24) is 10.2 Å². The number of hydrogen-bond acceptors (Lipinski definition) is 4. The summed E-state index contributed by atoms with van der Waals surface area (Å²) in [6.45, 7) is 9.27. The molecule has 4 heteroatoms. The van der Waals surface area contributed by atoms with E-state index < -0.39 is 0 Å². The SMILES string of the molecule is CCNC1(C#N)CCCC1CCN1CCCC(OCC)C1. The molecular weight excluding hydrogens is 262 g/mol. The first kappa shape index (κ1) is 16.7. The van der Waals surface area contributed by atoms with E-state index in [9.17, 15) is 5.26 Å². The van der Waals surface area contributed by atoms with E-state index in [1.807, 2.05) is 0 Å². The third kappa shape index (κ3) is 4.18. The second-order valence-electron chi connectivity index (χ2n) is 6.51. The Balaban J connectivity index is 1.83. The summed E-state index contributed by atoms with van der Waals surface area (Å²) in [6, 6.07) is 2.59. The summed E-state index contributed by atoms with van der Waals surface area (Å²) >= 11 is 0. The highest BCUT2D eigenvalue weighted by atomic mass is 16.5. The molecule has 0 radical (unpaired) electrons. The summed E-state index contributed by atoms with van der Waals surface area (Å²) < 4.78 is 5.78. The number of likely N-dealkylation sites (tertiary alicyclic amines) is 1. The molecule has 2 fully saturated rings. The maximum atomic E-state index is 9.62. The van der Waals surface area contributed by atoms with Gasteiger partial charge in [-0.05, 0) is 64.6 Å². The molecule has 1 aliphatic heterocycles. The Morgan fingerprint density at radius 1 is 1.33 bits per heavy atom. The van der Waals surface area contributed by atoms with Crippen LogP contribution < -0.4 is 5.32 Å². The Labute approximate surface area is 129 Å². The van der Waals surface area contributed by atoms with Crippen molar-refractivity contribution in [2.75, 3.05) is 32.8 Å². The minimum atomic E-state index is -0.260. The first-order valence-electron chi connectivity index (χ1n) is 8.74. The number of nitriles is 1. The van der Waals surface area contributed by atoms with Gasteiger partial charge >= 0.3 is 0 Å². The van der Waals surface area contributed by atoms with Crippen LogP contribution in [0.5, 0.6) is 0 Å². The van der Waals surface area contributed by atoms with Crippen molar-refractivity contribution >= 4 is 0 Å². The second-order valence-corrected chi connectivity index (χ2v) is 6.51. The maximum absolute atomic E-state index is 9.62. The third-order valence-corrected chi connectivity index (χ3v) is 5.17. The van der Waals surface area contributed by atoms with Crippen LogP contribution in [0.2, 0.25) is 0 Å². The molecule has 0 bridgehead atoms. The van der Waals surface area contributed by atoms with E-state index >= 15 is 0 Å². The van der Waals surface area contributed by atoms with Gasteiger partial charge in [-0.25, -0.2) is 0 Å². The van der Waals surface area contributed by atoms with E-state index in [2.05, 4.69) is 30.1 Å². The van der Waals surface area contributed by atoms with Crippen LogP contribution >= 0.6 is 0 Å². The Hall–Kier alpha value is -0.630. The summed E-state index contributed by atoms with van der Waals surface area (Å²) in [7, 11) is 0. The molecule has 21 heavy (non-hydrogen) atoms. The summed E-state index contributed by atoms with van der Waals surface area (Å²) in [4.78, 5) is 2.54. The van der Waals surface area contributed by atoms with Gasteiger partial charge < -0.3 is 9.64 Å². The average Bonchev–Trinajstić information content (AvgIpc) is 2.90. The molecular formula is C17H31N3O. The molecule has 0 amide bonds. The summed E-state index contributed by atoms with van der Waals surface area (Å²) in [6.07, 6.45) is 7.40. The van der Waals surface area contributed by atoms with Gasteiger partial charge in [0.1, 0.15) is 5.54 Å². The molecule has 1 heterocycles. The highest BCUT2D eigenvalue weighted by Crippen LogP contribution is 2.37. The summed E-state index contributed by atoms with van der Waals surface area (Å²) in [5, 5.41) is 13.1. The molecule has 2 rings (SSSR count). The lowest BCUT2D eigenvalue weighted by Gasteiger charge is -2.35. The molecule has 0 aromatic rings. The fraction of sp³-hybridized carbons (Fsp3) is 0.941. The van der Waals surface area contributed by atoms with Crippen molar-refractivity contribution < 1.29 is 4.74 Å². The number of hydrogen-bond donors (Lipinski definition) is 1. The van der Waals surface area contributed by atoms with Crippen LogP contribution in [-0.4, -0.2) is 49.3 Å². The number of piperidine rings is 1. The monoisotopic (exact) mass is 293 g/mol. The van der Waals surface area contributed by atoms with Crippen LogP contribution in [0.15, 0.2) is 0 Å². The minimum Gasteiger partial charge on any atom is -0.377 e. The quantitative estimate of drug-likeness (QED) is 0.783. The summed E-state index contributed by atoms with van der Waals surface area (Å²) in [5.74, 6) is 0.509. The smallest absolute Gasteiger partial charge is 0.109 e. The van der Waals surface area contributed by atoms with Gasteiger partial charge in [-0.2, -0.15) is 5.26 Å². The lowest BCUT2D eigenvalue weighted by molar-refractivity contribution is 0.00410. The molecule has 2 aliphatic rings. The first-order chi connectivity index (χ1) is 10.2. The Bertz CT molecular complexity index is 352. The zero-order chi connectivity index (χ0) is 15.1. The van der Waals surface area contributed by atoms with Gasteiger partial charge in [0, 0.05) is 13.2 Å². The third-order valence-electron chi connectivity index (χ3n) is 5.17. The van der Waals surface area contributed by atoms with Crippen molar-refractivity contribution in [2.45, 2.75) is 64.0 Å². The van der Waals surface area contributed by atoms with Crippen molar-refractivity contribution in [3.63, 3.8) is 0 Å². The van der Waals surface area contributed by atoms with E-state index in [-0.39, 0.29) is 5.54 Å². The fourth-order valence-electron chi connectivity index (χ4n) is 4.13. The van der Waals surface area contributed by atoms with Crippen LogP contribution in [0, 0.1) is 17.2 Å².